The number of piperazine rings is 1. The molecule has 1 aliphatic rings. The van der Waals surface area contributed by atoms with Crippen LogP contribution >= 0.6 is 11.6 Å². The van der Waals surface area contributed by atoms with Crippen LogP contribution in [0.15, 0.2) is 54.6 Å². The zero-order valence-electron chi connectivity index (χ0n) is 25.1. The van der Waals surface area contributed by atoms with Crippen molar-refractivity contribution in [3.05, 3.63) is 70.7 Å². The Hall–Kier alpha value is -2.57. The molecule has 11 heteroatoms. The highest BCUT2D eigenvalue weighted by atomic mass is 35.5. The van der Waals surface area contributed by atoms with E-state index < -0.39 is 12.0 Å². The van der Waals surface area contributed by atoms with E-state index in [2.05, 4.69) is 57.6 Å². The third kappa shape index (κ3) is 15.6. The Morgan fingerprint density at radius 3 is 2.00 bits per heavy atom. The number of nitrogens with two attached hydrogens (primary N) is 1. The Bertz CT molecular complexity index is 987. The molecule has 2 unspecified atom stereocenters. The van der Waals surface area contributed by atoms with Gasteiger partial charge in [0.1, 0.15) is 6.04 Å². The Morgan fingerprint density at radius 2 is 1.52 bits per heavy atom. The summed E-state index contributed by atoms with van der Waals surface area (Å²) in [6.45, 7) is 11.8. The van der Waals surface area contributed by atoms with E-state index in [1.165, 1.54) is 18.1 Å². The van der Waals surface area contributed by atoms with Crippen LogP contribution in [0.3, 0.4) is 0 Å². The standard InChI is InChI=1S/C21H27ClN2O2.C8H15NO3.C2H7NO/c22-20-8-6-19(7-9-20)21(18-4-2-1-3-5-18)24-12-10-23(11-13-24)14-16-26-17-15-25;1-5(2)4-7(8(11)12)9-6(3)10;3-1-2-4/h1-9,21,25H,10-17H2;5,7H,4H2,1-3H3,(H,9,10)(H,11,12);4H,1-3H2. The number of aliphatic hydroxyl groups is 2. The van der Waals surface area contributed by atoms with Crippen molar-refractivity contribution in [1.29, 1.82) is 0 Å². The third-order valence-electron chi connectivity index (χ3n) is 6.37. The zero-order chi connectivity index (χ0) is 31.3. The molecule has 2 aromatic carbocycles. The Kier molecular flexibility index (Phi) is 19.7. The molecule has 3 rings (SSSR count). The molecular weight excluding hydrogens is 560 g/mol. The summed E-state index contributed by atoms with van der Waals surface area (Å²) < 4.78 is 5.39. The van der Waals surface area contributed by atoms with Crippen molar-refractivity contribution in [3.63, 3.8) is 0 Å². The molecule has 0 spiro atoms. The lowest BCUT2D eigenvalue weighted by Crippen LogP contribution is -2.48. The Balaban J connectivity index is 0.000000461. The molecule has 2 aromatic rings. The molecule has 1 saturated heterocycles. The Morgan fingerprint density at radius 1 is 0.952 bits per heavy atom. The molecule has 0 saturated carbocycles. The largest absolute Gasteiger partial charge is 0.480 e. The predicted octanol–water partition coefficient (Wildman–Crippen LogP) is 2.62. The quantitative estimate of drug-likeness (QED) is 0.216. The minimum absolute atomic E-state index is 0.0909. The summed E-state index contributed by atoms with van der Waals surface area (Å²) in [5.74, 6) is -1.01. The molecule has 2 atom stereocenters. The van der Waals surface area contributed by atoms with E-state index in [1.807, 2.05) is 26.0 Å². The molecule has 0 aromatic heterocycles. The lowest BCUT2D eigenvalue weighted by molar-refractivity contribution is -0.142. The maximum Gasteiger partial charge on any atom is 0.326 e. The number of nitrogens with one attached hydrogen (secondary N) is 1. The van der Waals surface area contributed by atoms with E-state index >= 15 is 0 Å². The van der Waals surface area contributed by atoms with Crippen LogP contribution in [0.4, 0.5) is 0 Å². The van der Waals surface area contributed by atoms with Crippen molar-refractivity contribution in [2.45, 2.75) is 39.3 Å². The van der Waals surface area contributed by atoms with Gasteiger partial charge in [0.05, 0.1) is 32.5 Å². The third-order valence-corrected chi connectivity index (χ3v) is 6.62. The maximum atomic E-state index is 10.6. The highest BCUT2D eigenvalue weighted by molar-refractivity contribution is 6.30. The van der Waals surface area contributed by atoms with E-state index in [1.54, 1.807) is 0 Å². The highest BCUT2D eigenvalue weighted by Crippen LogP contribution is 2.30. The van der Waals surface area contributed by atoms with Gasteiger partial charge in [-0.05, 0) is 35.6 Å². The number of carboxylic acids is 1. The molecule has 6 N–H and O–H groups in total. The molecule has 1 fully saturated rings. The van der Waals surface area contributed by atoms with Crippen molar-refractivity contribution < 1.29 is 29.6 Å². The molecule has 42 heavy (non-hydrogen) atoms. The van der Waals surface area contributed by atoms with Gasteiger partial charge in [-0.15, -0.1) is 0 Å². The van der Waals surface area contributed by atoms with Gasteiger partial charge in [0.15, 0.2) is 0 Å². The second-order valence-electron chi connectivity index (χ2n) is 10.3. The fourth-order valence-electron chi connectivity index (χ4n) is 4.44. The number of hydrogen-bond acceptors (Lipinski definition) is 8. The van der Waals surface area contributed by atoms with Crippen LogP contribution < -0.4 is 11.1 Å². The molecule has 236 valence electrons. The molecule has 0 aliphatic carbocycles. The highest BCUT2D eigenvalue weighted by Gasteiger charge is 2.26. The SMILES string of the molecule is CC(=O)NC(CC(C)C)C(=O)O.NCCO.OCCOCCN1CCN(C(c2ccccc2)c2ccc(Cl)cc2)CC1. The second-order valence-corrected chi connectivity index (χ2v) is 10.7. The molecule has 0 bridgehead atoms. The lowest BCUT2D eigenvalue weighted by Gasteiger charge is -2.39. The number of rotatable bonds is 13. The van der Waals surface area contributed by atoms with Crippen LogP contribution in [-0.2, 0) is 14.3 Å². The molecule has 1 heterocycles. The van der Waals surface area contributed by atoms with Gasteiger partial charge in [-0.1, -0.05) is 67.9 Å². The van der Waals surface area contributed by atoms with E-state index in [-0.39, 0.29) is 31.1 Å². The maximum absolute atomic E-state index is 10.6. The van der Waals surface area contributed by atoms with E-state index in [4.69, 9.17) is 37.4 Å². The first-order valence-electron chi connectivity index (χ1n) is 14.4. The summed E-state index contributed by atoms with van der Waals surface area (Å²) in [6, 6.07) is 18.4. The van der Waals surface area contributed by atoms with Crippen LogP contribution in [0.2, 0.25) is 5.02 Å². The van der Waals surface area contributed by atoms with Gasteiger partial charge in [-0.25, -0.2) is 4.79 Å². The normalized spacial score (nSPS) is 15.0. The molecular formula is C31H49ClN4O6. The van der Waals surface area contributed by atoms with Crippen molar-refractivity contribution >= 4 is 23.5 Å². The zero-order valence-corrected chi connectivity index (χ0v) is 25.9. The molecule has 1 aliphatic heterocycles. The van der Waals surface area contributed by atoms with Gasteiger partial charge in [0.2, 0.25) is 5.91 Å². The number of carbonyl (C=O) groups is 2. The Labute approximate surface area is 255 Å². The monoisotopic (exact) mass is 608 g/mol. The number of hydrogen-bond donors (Lipinski definition) is 5. The van der Waals surface area contributed by atoms with Gasteiger partial charge in [0.25, 0.3) is 0 Å². The minimum Gasteiger partial charge on any atom is -0.480 e. The van der Waals surface area contributed by atoms with Gasteiger partial charge in [0, 0.05) is 51.2 Å². The minimum atomic E-state index is -0.973. The van der Waals surface area contributed by atoms with Crippen molar-refractivity contribution in [2.75, 3.05) is 65.7 Å². The van der Waals surface area contributed by atoms with Gasteiger partial charge in [-0.3, -0.25) is 14.6 Å². The molecule has 1 amide bonds. The molecule has 10 nitrogen and oxygen atoms in total. The average Bonchev–Trinajstić information content (AvgIpc) is 2.97. The van der Waals surface area contributed by atoms with Crippen LogP contribution in [-0.4, -0.2) is 109 Å². The van der Waals surface area contributed by atoms with Crippen molar-refractivity contribution in [1.82, 2.24) is 15.1 Å². The number of nitrogens with zero attached hydrogens (tertiary/aromatic N) is 2. The summed E-state index contributed by atoms with van der Waals surface area (Å²) in [6.07, 6.45) is 0.467. The summed E-state index contributed by atoms with van der Waals surface area (Å²) in [7, 11) is 0. The smallest absolute Gasteiger partial charge is 0.326 e. The topological polar surface area (TPSA) is 149 Å². The first kappa shape index (κ1) is 37.5. The van der Waals surface area contributed by atoms with E-state index in [0.29, 0.717) is 26.2 Å². The number of carbonyl (C=O) groups excluding carboxylic acids is 1. The number of aliphatic hydroxyl groups excluding tert-OH is 2. The van der Waals surface area contributed by atoms with Crippen LogP contribution in [0, 0.1) is 5.92 Å². The van der Waals surface area contributed by atoms with Crippen LogP contribution in [0.25, 0.3) is 0 Å². The van der Waals surface area contributed by atoms with E-state index in [9.17, 15) is 9.59 Å². The number of amides is 1. The van der Waals surface area contributed by atoms with Crippen LogP contribution in [0.1, 0.15) is 44.4 Å². The summed E-state index contributed by atoms with van der Waals surface area (Å²) in [4.78, 5) is 26.1. The first-order chi connectivity index (χ1) is 20.1. The first-order valence-corrected chi connectivity index (χ1v) is 14.8. The predicted molar refractivity (Wildman–Crippen MR) is 166 cm³/mol. The van der Waals surface area contributed by atoms with Crippen molar-refractivity contribution in [2.24, 2.45) is 11.7 Å². The number of halogens is 1. The van der Waals surface area contributed by atoms with Crippen molar-refractivity contribution in [3.8, 4) is 0 Å². The second kappa shape index (κ2) is 22.0. The van der Waals surface area contributed by atoms with Crippen LogP contribution in [0.5, 0.6) is 0 Å². The summed E-state index contributed by atoms with van der Waals surface area (Å²) >= 11 is 6.09. The lowest BCUT2D eigenvalue weighted by atomic mass is 9.96. The summed E-state index contributed by atoms with van der Waals surface area (Å²) in [5, 5.41) is 28.3. The summed E-state index contributed by atoms with van der Waals surface area (Å²) in [5.41, 5.74) is 7.37. The fourth-order valence-corrected chi connectivity index (χ4v) is 4.56. The number of benzene rings is 2. The van der Waals surface area contributed by atoms with Gasteiger partial charge in [-0.2, -0.15) is 0 Å². The number of carboxylic acid groups (broad SMARTS) is 1. The van der Waals surface area contributed by atoms with Gasteiger partial charge >= 0.3 is 5.97 Å². The average molecular weight is 609 g/mol. The van der Waals surface area contributed by atoms with E-state index in [0.717, 1.165) is 37.7 Å². The number of aliphatic carboxylic acids is 1. The number of ether oxygens (including phenoxy) is 1. The van der Waals surface area contributed by atoms with Gasteiger partial charge < -0.3 is 31.1 Å². The fraction of sp³-hybridized carbons (Fsp3) is 0.548. The molecule has 0 radical (unpaired) electrons.